The molecule has 19 heavy (non-hydrogen) atoms. The van der Waals surface area contributed by atoms with Gasteiger partial charge in [0.15, 0.2) is 0 Å². The normalized spacial score (nSPS) is 11.4. The quantitative estimate of drug-likeness (QED) is 0.844. The molecule has 2 aromatic rings. The second-order valence-corrected chi connectivity index (χ2v) is 4.80. The van der Waals surface area contributed by atoms with Crippen molar-refractivity contribution in [2.45, 2.75) is 12.8 Å². The van der Waals surface area contributed by atoms with E-state index in [1.165, 1.54) is 12.1 Å². The van der Waals surface area contributed by atoms with Gasteiger partial charge in [-0.25, -0.2) is 0 Å². The van der Waals surface area contributed by atoms with Gasteiger partial charge in [0.1, 0.15) is 0 Å². The third-order valence-corrected chi connectivity index (χ3v) is 3.29. The molecule has 0 unspecified atom stereocenters. The maximum atomic E-state index is 13.9. The molecular formula is C15H14ClF2N. The molecule has 2 aromatic carbocycles. The van der Waals surface area contributed by atoms with Gasteiger partial charge in [-0.05, 0) is 24.6 Å². The summed E-state index contributed by atoms with van der Waals surface area (Å²) >= 11 is 5.95. The van der Waals surface area contributed by atoms with Gasteiger partial charge >= 0.3 is 0 Å². The van der Waals surface area contributed by atoms with Crippen molar-refractivity contribution in [2.24, 2.45) is 0 Å². The van der Waals surface area contributed by atoms with E-state index in [-0.39, 0.29) is 5.56 Å². The Morgan fingerprint density at radius 2 is 1.79 bits per heavy atom. The summed E-state index contributed by atoms with van der Waals surface area (Å²) in [6, 6.07) is 12.9. The van der Waals surface area contributed by atoms with Crippen molar-refractivity contribution in [3.05, 3.63) is 64.7 Å². The number of benzene rings is 2. The number of alkyl halides is 2. The van der Waals surface area contributed by atoms with E-state index >= 15 is 0 Å². The van der Waals surface area contributed by atoms with E-state index in [0.29, 0.717) is 10.7 Å². The van der Waals surface area contributed by atoms with E-state index in [1.807, 2.05) is 6.92 Å². The SMILES string of the molecule is Cc1ccc(NCC(F)(F)c2ccccc2)cc1Cl. The highest BCUT2D eigenvalue weighted by molar-refractivity contribution is 6.31. The van der Waals surface area contributed by atoms with Crippen LogP contribution in [0.25, 0.3) is 0 Å². The van der Waals surface area contributed by atoms with Crippen LogP contribution < -0.4 is 5.32 Å². The molecule has 0 radical (unpaired) electrons. The number of halogens is 3. The van der Waals surface area contributed by atoms with Crippen LogP contribution in [-0.4, -0.2) is 6.54 Å². The van der Waals surface area contributed by atoms with Crippen LogP contribution in [0, 0.1) is 6.92 Å². The summed E-state index contributed by atoms with van der Waals surface area (Å²) in [5.74, 6) is -2.92. The fourth-order valence-electron chi connectivity index (χ4n) is 1.70. The predicted octanol–water partition coefficient (Wildman–Crippen LogP) is 4.85. The zero-order valence-electron chi connectivity index (χ0n) is 10.5. The lowest BCUT2D eigenvalue weighted by molar-refractivity contribution is 0.0106. The molecule has 0 fully saturated rings. The van der Waals surface area contributed by atoms with Gasteiger partial charge in [-0.1, -0.05) is 48.0 Å². The van der Waals surface area contributed by atoms with Crippen molar-refractivity contribution in [2.75, 3.05) is 11.9 Å². The molecule has 0 bridgehead atoms. The van der Waals surface area contributed by atoms with Crippen LogP contribution in [0.2, 0.25) is 5.02 Å². The minimum absolute atomic E-state index is 0.000656. The largest absolute Gasteiger partial charge is 0.379 e. The van der Waals surface area contributed by atoms with Crippen molar-refractivity contribution in [1.29, 1.82) is 0 Å². The topological polar surface area (TPSA) is 12.0 Å². The first-order valence-corrected chi connectivity index (χ1v) is 6.30. The van der Waals surface area contributed by atoms with Gasteiger partial charge in [0.25, 0.3) is 5.92 Å². The first-order chi connectivity index (χ1) is 8.99. The predicted molar refractivity (Wildman–Crippen MR) is 75.0 cm³/mol. The third kappa shape index (κ3) is 3.44. The summed E-state index contributed by atoms with van der Waals surface area (Å²) in [6.45, 7) is 1.40. The molecule has 0 aromatic heterocycles. The molecule has 0 heterocycles. The number of aryl methyl sites for hydroxylation is 1. The highest BCUT2D eigenvalue weighted by Crippen LogP contribution is 2.28. The molecule has 1 N–H and O–H groups in total. The fraction of sp³-hybridized carbons (Fsp3) is 0.200. The van der Waals surface area contributed by atoms with Crippen molar-refractivity contribution in [3.8, 4) is 0 Å². The highest BCUT2D eigenvalue weighted by atomic mass is 35.5. The lowest BCUT2D eigenvalue weighted by Crippen LogP contribution is -2.24. The fourth-order valence-corrected chi connectivity index (χ4v) is 1.88. The van der Waals surface area contributed by atoms with Gasteiger partial charge in [-0.15, -0.1) is 0 Å². The first-order valence-electron chi connectivity index (χ1n) is 5.92. The van der Waals surface area contributed by atoms with Crippen LogP contribution in [0.1, 0.15) is 11.1 Å². The van der Waals surface area contributed by atoms with Crippen LogP contribution in [-0.2, 0) is 5.92 Å². The Kier molecular flexibility index (Phi) is 4.05. The first kappa shape index (κ1) is 13.8. The smallest absolute Gasteiger partial charge is 0.290 e. The molecule has 0 spiro atoms. The average molecular weight is 282 g/mol. The summed E-state index contributed by atoms with van der Waals surface area (Å²) in [6.07, 6.45) is 0. The van der Waals surface area contributed by atoms with E-state index in [9.17, 15) is 8.78 Å². The number of nitrogens with one attached hydrogen (secondary N) is 1. The standard InChI is InChI=1S/C15H14ClF2N/c1-11-7-8-13(9-14(11)16)19-10-15(17,18)12-5-3-2-4-6-12/h2-9,19H,10H2,1H3. The maximum absolute atomic E-state index is 13.9. The Balaban J connectivity index is 2.07. The molecule has 4 heteroatoms. The lowest BCUT2D eigenvalue weighted by atomic mass is 10.1. The number of anilines is 1. The Morgan fingerprint density at radius 3 is 2.42 bits per heavy atom. The van der Waals surface area contributed by atoms with E-state index in [2.05, 4.69) is 5.32 Å². The monoisotopic (exact) mass is 281 g/mol. The molecule has 100 valence electrons. The van der Waals surface area contributed by atoms with Crippen LogP contribution in [0.15, 0.2) is 48.5 Å². The van der Waals surface area contributed by atoms with Crippen LogP contribution in [0.4, 0.5) is 14.5 Å². The van der Waals surface area contributed by atoms with E-state index in [1.54, 1.807) is 36.4 Å². The molecule has 0 saturated heterocycles. The Bertz CT molecular complexity index is 555. The molecular weight excluding hydrogens is 268 g/mol. The van der Waals surface area contributed by atoms with E-state index in [4.69, 9.17) is 11.6 Å². The summed E-state index contributed by atoms with van der Waals surface area (Å²) in [5, 5.41) is 3.28. The van der Waals surface area contributed by atoms with Gasteiger partial charge in [0.05, 0.1) is 6.54 Å². The zero-order valence-corrected chi connectivity index (χ0v) is 11.2. The van der Waals surface area contributed by atoms with E-state index in [0.717, 1.165) is 5.56 Å². The summed E-state index contributed by atoms with van der Waals surface area (Å²) in [4.78, 5) is 0. The Hall–Kier alpha value is -1.61. The number of hydrogen-bond acceptors (Lipinski definition) is 1. The van der Waals surface area contributed by atoms with Crippen LogP contribution in [0.5, 0.6) is 0 Å². The molecule has 1 nitrogen and oxygen atoms in total. The summed E-state index contributed by atoms with van der Waals surface area (Å²) < 4.78 is 27.9. The van der Waals surface area contributed by atoms with Gasteiger partial charge in [0, 0.05) is 16.3 Å². The minimum atomic E-state index is -2.92. The van der Waals surface area contributed by atoms with Crippen molar-refractivity contribution in [3.63, 3.8) is 0 Å². The zero-order chi connectivity index (χ0) is 13.9. The molecule has 2 rings (SSSR count). The average Bonchev–Trinajstić information content (AvgIpc) is 2.41. The Morgan fingerprint density at radius 1 is 1.11 bits per heavy atom. The molecule has 0 aliphatic rings. The highest BCUT2D eigenvalue weighted by Gasteiger charge is 2.30. The molecule has 0 atom stereocenters. The van der Waals surface area contributed by atoms with Crippen molar-refractivity contribution < 1.29 is 8.78 Å². The minimum Gasteiger partial charge on any atom is -0.379 e. The molecule has 0 saturated carbocycles. The molecule has 0 aliphatic carbocycles. The maximum Gasteiger partial charge on any atom is 0.290 e. The number of rotatable bonds is 4. The second kappa shape index (κ2) is 5.57. The lowest BCUT2D eigenvalue weighted by Gasteiger charge is -2.18. The summed E-state index contributed by atoms with van der Waals surface area (Å²) in [7, 11) is 0. The molecule has 0 amide bonds. The van der Waals surface area contributed by atoms with Crippen molar-refractivity contribution in [1.82, 2.24) is 0 Å². The number of hydrogen-bond donors (Lipinski definition) is 1. The second-order valence-electron chi connectivity index (χ2n) is 4.39. The van der Waals surface area contributed by atoms with Crippen LogP contribution in [0.3, 0.4) is 0 Å². The summed E-state index contributed by atoms with van der Waals surface area (Å²) in [5.41, 5.74) is 1.51. The van der Waals surface area contributed by atoms with Gasteiger partial charge in [-0.3, -0.25) is 0 Å². The third-order valence-electron chi connectivity index (χ3n) is 2.88. The van der Waals surface area contributed by atoms with Gasteiger partial charge < -0.3 is 5.32 Å². The van der Waals surface area contributed by atoms with Crippen molar-refractivity contribution >= 4 is 17.3 Å². The van der Waals surface area contributed by atoms with Crippen LogP contribution >= 0.6 is 11.6 Å². The van der Waals surface area contributed by atoms with E-state index < -0.39 is 12.5 Å². The van der Waals surface area contributed by atoms with Gasteiger partial charge in [0.2, 0.25) is 0 Å². The van der Waals surface area contributed by atoms with Gasteiger partial charge in [-0.2, -0.15) is 8.78 Å². The Labute approximate surface area is 116 Å². The molecule has 0 aliphatic heterocycles.